The summed E-state index contributed by atoms with van der Waals surface area (Å²) in [7, 11) is -2.15. The standard InChI is InChI=1S/C22H26N2O5S/c1-3-4-8-18-16-24(17-9-6-5-7-10-17)20-12-11-19(29-14-13-22(25)26)15-21(20)30(27,28)23(18)2/h5-7,9-15,18H,3-4,8,16H2,1-2H3,(H,25,26)/b14-13+. The molecule has 0 amide bonds. The number of benzene rings is 2. The summed E-state index contributed by atoms with van der Waals surface area (Å²) < 4.78 is 33.6. The lowest BCUT2D eigenvalue weighted by Gasteiger charge is -2.29. The highest BCUT2D eigenvalue weighted by atomic mass is 32.2. The van der Waals surface area contributed by atoms with Gasteiger partial charge < -0.3 is 14.7 Å². The monoisotopic (exact) mass is 430 g/mol. The maximum atomic E-state index is 13.4. The molecule has 1 unspecified atom stereocenters. The highest BCUT2D eigenvalue weighted by Crippen LogP contribution is 2.39. The molecule has 0 fully saturated rings. The van der Waals surface area contributed by atoms with Crippen LogP contribution in [0.4, 0.5) is 11.4 Å². The number of carboxylic acids is 1. The highest BCUT2D eigenvalue weighted by molar-refractivity contribution is 7.89. The van der Waals surface area contributed by atoms with Gasteiger partial charge in [0.2, 0.25) is 10.0 Å². The molecule has 7 nitrogen and oxygen atoms in total. The molecule has 1 heterocycles. The number of para-hydroxylation sites is 1. The van der Waals surface area contributed by atoms with Crippen LogP contribution in [0.15, 0.2) is 65.8 Å². The van der Waals surface area contributed by atoms with Crippen molar-refractivity contribution in [3.05, 3.63) is 60.9 Å². The van der Waals surface area contributed by atoms with E-state index in [9.17, 15) is 13.2 Å². The van der Waals surface area contributed by atoms with Crippen molar-refractivity contribution in [1.82, 2.24) is 4.31 Å². The molecule has 8 heteroatoms. The van der Waals surface area contributed by atoms with Crippen molar-refractivity contribution in [3.8, 4) is 5.75 Å². The van der Waals surface area contributed by atoms with Crippen LogP contribution in [0.3, 0.4) is 0 Å². The first-order valence-electron chi connectivity index (χ1n) is 9.85. The van der Waals surface area contributed by atoms with E-state index < -0.39 is 16.0 Å². The lowest BCUT2D eigenvalue weighted by atomic mass is 10.1. The van der Waals surface area contributed by atoms with E-state index in [2.05, 4.69) is 6.92 Å². The largest absolute Gasteiger partial charge is 0.478 e. The molecule has 0 aromatic heterocycles. The van der Waals surface area contributed by atoms with Crippen molar-refractivity contribution in [3.63, 3.8) is 0 Å². The number of hydrogen-bond donors (Lipinski definition) is 1. The predicted octanol–water partition coefficient (Wildman–Crippen LogP) is 3.99. The second-order valence-electron chi connectivity index (χ2n) is 7.15. The van der Waals surface area contributed by atoms with E-state index >= 15 is 0 Å². The number of sulfonamides is 1. The van der Waals surface area contributed by atoms with Crippen LogP contribution >= 0.6 is 0 Å². The van der Waals surface area contributed by atoms with Crippen LogP contribution in [-0.2, 0) is 14.8 Å². The van der Waals surface area contributed by atoms with Crippen LogP contribution in [0, 0.1) is 0 Å². The van der Waals surface area contributed by atoms with Gasteiger partial charge in [0.25, 0.3) is 0 Å². The molecule has 0 spiro atoms. The maximum Gasteiger partial charge on any atom is 0.331 e. The minimum absolute atomic E-state index is 0.133. The third-order valence-electron chi connectivity index (χ3n) is 5.16. The van der Waals surface area contributed by atoms with Crippen LogP contribution in [0.1, 0.15) is 26.2 Å². The average molecular weight is 431 g/mol. The smallest absolute Gasteiger partial charge is 0.331 e. The Morgan fingerprint density at radius 1 is 1.23 bits per heavy atom. The number of rotatable bonds is 7. The van der Waals surface area contributed by atoms with E-state index in [-0.39, 0.29) is 16.7 Å². The summed E-state index contributed by atoms with van der Waals surface area (Å²) in [6.45, 7) is 2.62. The Morgan fingerprint density at radius 3 is 2.63 bits per heavy atom. The van der Waals surface area contributed by atoms with Gasteiger partial charge in [0, 0.05) is 31.4 Å². The number of ether oxygens (including phenoxy) is 1. The molecule has 30 heavy (non-hydrogen) atoms. The predicted molar refractivity (Wildman–Crippen MR) is 116 cm³/mol. The molecule has 0 saturated heterocycles. The lowest BCUT2D eigenvalue weighted by molar-refractivity contribution is -0.131. The quantitative estimate of drug-likeness (QED) is 0.528. The maximum absolute atomic E-state index is 13.4. The number of unbranched alkanes of at least 4 members (excludes halogenated alkanes) is 1. The number of nitrogens with zero attached hydrogens (tertiary/aromatic N) is 2. The Kier molecular flexibility index (Phi) is 6.79. The summed E-state index contributed by atoms with van der Waals surface area (Å²) in [5, 5.41) is 8.72. The van der Waals surface area contributed by atoms with Gasteiger partial charge in [0.15, 0.2) is 0 Å². The Balaban J connectivity index is 2.10. The van der Waals surface area contributed by atoms with Gasteiger partial charge in [-0.15, -0.1) is 0 Å². The number of carboxylic acid groups (broad SMARTS) is 1. The Hall–Kier alpha value is -2.84. The van der Waals surface area contributed by atoms with Crippen LogP contribution in [0.5, 0.6) is 5.75 Å². The van der Waals surface area contributed by atoms with Crippen molar-refractivity contribution < 1.29 is 23.1 Å². The molecule has 160 valence electrons. The topological polar surface area (TPSA) is 87.1 Å². The SMILES string of the molecule is CCCCC1CN(c2ccccc2)c2ccc(O/C=C/C(=O)O)cc2S(=O)(=O)N1C. The van der Waals surface area contributed by atoms with Crippen LogP contribution < -0.4 is 9.64 Å². The van der Waals surface area contributed by atoms with E-state index in [1.807, 2.05) is 35.2 Å². The molecular weight excluding hydrogens is 404 g/mol. The molecule has 1 aliphatic rings. The summed E-state index contributed by atoms with van der Waals surface area (Å²) in [5.41, 5.74) is 1.48. The molecule has 1 aliphatic heterocycles. The summed E-state index contributed by atoms with van der Waals surface area (Å²) in [5.74, 6) is -0.894. The van der Waals surface area contributed by atoms with Crippen molar-refractivity contribution >= 4 is 27.4 Å². The van der Waals surface area contributed by atoms with E-state index in [1.165, 1.54) is 10.4 Å². The van der Waals surface area contributed by atoms with Gasteiger partial charge in [-0.3, -0.25) is 0 Å². The fourth-order valence-corrected chi connectivity index (χ4v) is 5.09. The van der Waals surface area contributed by atoms with E-state index in [4.69, 9.17) is 9.84 Å². The number of fused-ring (bicyclic) bond motifs is 1. The van der Waals surface area contributed by atoms with Gasteiger partial charge in [-0.1, -0.05) is 38.0 Å². The normalized spacial score (nSPS) is 18.7. The van der Waals surface area contributed by atoms with Crippen molar-refractivity contribution in [2.24, 2.45) is 0 Å². The minimum Gasteiger partial charge on any atom is -0.478 e. The zero-order valence-corrected chi connectivity index (χ0v) is 17.9. The molecule has 1 N–H and O–H groups in total. The fourth-order valence-electron chi connectivity index (χ4n) is 3.51. The van der Waals surface area contributed by atoms with Gasteiger partial charge in [0.05, 0.1) is 18.0 Å². The second-order valence-corrected chi connectivity index (χ2v) is 9.12. The molecule has 2 aromatic carbocycles. The van der Waals surface area contributed by atoms with Crippen molar-refractivity contribution in [2.45, 2.75) is 37.1 Å². The van der Waals surface area contributed by atoms with Gasteiger partial charge in [0.1, 0.15) is 10.6 Å². The number of anilines is 2. The molecular formula is C22H26N2O5S. The summed E-state index contributed by atoms with van der Waals surface area (Å²) >= 11 is 0. The summed E-state index contributed by atoms with van der Waals surface area (Å²) in [4.78, 5) is 12.8. The first-order valence-corrected chi connectivity index (χ1v) is 11.3. The molecule has 2 aromatic rings. The zero-order chi connectivity index (χ0) is 21.7. The Labute approximate surface area is 177 Å². The Bertz CT molecular complexity index is 1020. The molecule has 0 bridgehead atoms. The third kappa shape index (κ3) is 4.66. The van der Waals surface area contributed by atoms with E-state index in [0.29, 0.717) is 12.2 Å². The Morgan fingerprint density at radius 2 is 1.97 bits per heavy atom. The third-order valence-corrected chi connectivity index (χ3v) is 7.10. The highest BCUT2D eigenvalue weighted by Gasteiger charge is 2.36. The number of likely N-dealkylation sites (N-methyl/N-ethyl adjacent to an activating group) is 1. The first-order chi connectivity index (χ1) is 14.3. The molecule has 1 atom stereocenters. The number of aliphatic carboxylic acids is 1. The molecule has 0 saturated carbocycles. The second kappa shape index (κ2) is 9.32. The zero-order valence-electron chi connectivity index (χ0n) is 17.1. The molecule has 3 rings (SSSR count). The molecule has 0 radical (unpaired) electrons. The van der Waals surface area contributed by atoms with Crippen LogP contribution in [-0.4, -0.2) is 43.4 Å². The summed E-state index contributed by atoms with van der Waals surface area (Å²) in [6.07, 6.45) is 4.54. The van der Waals surface area contributed by atoms with Crippen LogP contribution in [0.25, 0.3) is 0 Å². The van der Waals surface area contributed by atoms with Gasteiger partial charge in [-0.25, -0.2) is 13.2 Å². The van der Waals surface area contributed by atoms with E-state index in [1.54, 1.807) is 19.2 Å². The van der Waals surface area contributed by atoms with Crippen molar-refractivity contribution in [1.29, 1.82) is 0 Å². The van der Waals surface area contributed by atoms with E-state index in [0.717, 1.165) is 37.3 Å². The van der Waals surface area contributed by atoms with Gasteiger partial charge in [-0.2, -0.15) is 4.31 Å². The van der Waals surface area contributed by atoms with Crippen LogP contribution in [0.2, 0.25) is 0 Å². The van der Waals surface area contributed by atoms with Gasteiger partial charge in [-0.05, 0) is 30.7 Å². The number of hydrogen-bond acceptors (Lipinski definition) is 5. The average Bonchev–Trinajstić information content (AvgIpc) is 2.81. The number of carbonyl (C=O) groups is 1. The first kappa shape index (κ1) is 21.9. The minimum atomic E-state index is -3.77. The summed E-state index contributed by atoms with van der Waals surface area (Å²) in [6, 6.07) is 14.3. The molecule has 0 aliphatic carbocycles. The fraction of sp³-hybridized carbons (Fsp3) is 0.318. The van der Waals surface area contributed by atoms with Crippen molar-refractivity contribution in [2.75, 3.05) is 18.5 Å². The van der Waals surface area contributed by atoms with Gasteiger partial charge >= 0.3 is 5.97 Å². The lowest BCUT2D eigenvalue weighted by Crippen LogP contribution is -2.40.